The summed E-state index contributed by atoms with van der Waals surface area (Å²) in [6.07, 6.45) is 1.82. The Labute approximate surface area is 182 Å². The summed E-state index contributed by atoms with van der Waals surface area (Å²) in [6.45, 7) is 10.2. The molecule has 1 aliphatic heterocycles. The lowest BCUT2D eigenvalue weighted by Gasteiger charge is -2.35. The van der Waals surface area contributed by atoms with Gasteiger partial charge >= 0.3 is 0 Å². The minimum atomic E-state index is 0.100. The van der Waals surface area contributed by atoms with Gasteiger partial charge in [-0.2, -0.15) is 5.10 Å². The Balaban J connectivity index is 1.41. The Morgan fingerprint density at radius 2 is 1.73 bits per heavy atom. The quantitative estimate of drug-likeness (QED) is 0.460. The van der Waals surface area contributed by atoms with Crippen LogP contribution in [0, 0.1) is 18.6 Å². The maximum absolute atomic E-state index is 11.5. The Bertz CT molecular complexity index is 1110. The topological polar surface area (TPSA) is 46.3 Å². The van der Waals surface area contributed by atoms with Gasteiger partial charge in [0.15, 0.2) is 5.78 Å². The first-order valence-corrected chi connectivity index (χ1v) is 10.6. The first kappa shape index (κ1) is 20.5. The van der Waals surface area contributed by atoms with Gasteiger partial charge in [-0.1, -0.05) is 12.1 Å². The highest BCUT2D eigenvalue weighted by Gasteiger charge is 2.18. The number of piperazine rings is 1. The molecular formula is C23H27N5OS. The van der Waals surface area contributed by atoms with Crippen LogP contribution in [0.5, 0.6) is 0 Å². The number of hydrogen-bond donors (Lipinski definition) is 0. The molecule has 0 atom stereocenters. The molecule has 1 aliphatic rings. The summed E-state index contributed by atoms with van der Waals surface area (Å²) in [7, 11) is 0. The third-order valence-corrected chi connectivity index (χ3v) is 6.11. The van der Waals surface area contributed by atoms with Gasteiger partial charge in [0.25, 0.3) is 0 Å². The van der Waals surface area contributed by atoms with Crippen molar-refractivity contribution < 1.29 is 4.79 Å². The number of aromatic nitrogens is 3. The summed E-state index contributed by atoms with van der Waals surface area (Å²) in [4.78, 5) is 16.2. The zero-order valence-electron chi connectivity index (χ0n) is 17.7. The molecule has 30 heavy (non-hydrogen) atoms. The molecule has 0 radical (unpaired) electrons. The minimum absolute atomic E-state index is 0.100. The molecule has 1 aromatic heterocycles. The summed E-state index contributed by atoms with van der Waals surface area (Å²) < 4.78 is 4.60. The number of aryl methyl sites for hydroxylation is 2. The fourth-order valence-corrected chi connectivity index (χ4v) is 4.07. The van der Waals surface area contributed by atoms with Gasteiger partial charge in [-0.05, 0) is 74.4 Å². The van der Waals surface area contributed by atoms with Crippen molar-refractivity contribution in [2.75, 3.05) is 31.1 Å². The van der Waals surface area contributed by atoms with E-state index in [-0.39, 0.29) is 5.78 Å². The number of rotatable bonds is 5. The number of ketones is 1. The molecule has 7 heteroatoms. The second kappa shape index (κ2) is 8.53. The Kier molecular flexibility index (Phi) is 5.83. The maximum atomic E-state index is 11.5. The molecule has 0 saturated carbocycles. The molecule has 0 spiro atoms. The van der Waals surface area contributed by atoms with Gasteiger partial charge in [-0.15, -0.1) is 0 Å². The Morgan fingerprint density at radius 3 is 2.40 bits per heavy atom. The van der Waals surface area contributed by atoms with Gasteiger partial charge < -0.3 is 4.90 Å². The van der Waals surface area contributed by atoms with E-state index in [2.05, 4.69) is 46.9 Å². The molecule has 0 bridgehead atoms. The SMILES string of the molecule is CC(=O)c1ccc(N2CCN(Cn3ncn(-c4cc(C)ccc4C)c3=S)CC2)cc1. The molecular weight excluding hydrogens is 394 g/mol. The number of hydrogen-bond acceptors (Lipinski definition) is 5. The maximum Gasteiger partial charge on any atom is 0.203 e. The van der Waals surface area contributed by atoms with E-state index in [0.717, 1.165) is 43.1 Å². The average molecular weight is 422 g/mol. The Hall–Kier alpha value is -2.77. The van der Waals surface area contributed by atoms with Crippen molar-refractivity contribution in [3.05, 3.63) is 70.3 Å². The predicted molar refractivity (Wildman–Crippen MR) is 122 cm³/mol. The van der Waals surface area contributed by atoms with E-state index in [1.807, 2.05) is 39.8 Å². The lowest BCUT2D eigenvalue weighted by Crippen LogP contribution is -2.47. The van der Waals surface area contributed by atoms with E-state index in [4.69, 9.17) is 12.2 Å². The lowest BCUT2D eigenvalue weighted by atomic mass is 10.1. The van der Waals surface area contributed by atoms with Crippen molar-refractivity contribution in [1.82, 2.24) is 19.2 Å². The lowest BCUT2D eigenvalue weighted by molar-refractivity contribution is 0.101. The van der Waals surface area contributed by atoms with E-state index in [0.29, 0.717) is 11.4 Å². The smallest absolute Gasteiger partial charge is 0.203 e. The molecule has 2 heterocycles. The highest BCUT2D eigenvalue weighted by molar-refractivity contribution is 7.71. The van der Waals surface area contributed by atoms with Gasteiger partial charge in [0.05, 0.1) is 12.4 Å². The number of nitrogens with zero attached hydrogens (tertiary/aromatic N) is 5. The van der Waals surface area contributed by atoms with Gasteiger partial charge in [0.2, 0.25) is 4.77 Å². The Morgan fingerprint density at radius 1 is 1.03 bits per heavy atom. The van der Waals surface area contributed by atoms with E-state index >= 15 is 0 Å². The van der Waals surface area contributed by atoms with E-state index in [1.54, 1.807) is 6.92 Å². The van der Waals surface area contributed by atoms with E-state index < -0.39 is 0 Å². The number of carbonyl (C=O) groups is 1. The third-order valence-electron chi connectivity index (χ3n) is 5.70. The molecule has 0 amide bonds. The average Bonchev–Trinajstić information content (AvgIpc) is 3.10. The summed E-state index contributed by atoms with van der Waals surface area (Å²) in [6, 6.07) is 14.3. The summed E-state index contributed by atoms with van der Waals surface area (Å²) in [5.74, 6) is 0.100. The molecule has 3 aromatic rings. The molecule has 0 N–H and O–H groups in total. The second-order valence-corrected chi connectivity index (χ2v) is 8.29. The summed E-state index contributed by atoms with van der Waals surface area (Å²) in [5.41, 5.74) is 5.39. The largest absolute Gasteiger partial charge is 0.369 e. The molecule has 4 rings (SSSR count). The molecule has 0 aliphatic carbocycles. The van der Waals surface area contributed by atoms with Crippen molar-refractivity contribution in [3.8, 4) is 5.69 Å². The van der Waals surface area contributed by atoms with Crippen LogP contribution in [-0.4, -0.2) is 51.2 Å². The van der Waals surface area contributed by atoms with Crippen LogP contribution >= 0.6 is 12.2 Å². The minimum Gasteiger partial charge on any atom is -0.369 e. The third kappa shape index (κ3) is 4.22. The van der Waals surface area contributed by atoms with Crippen molar-refractivity contribution in [3.63, 3.8) is 0 Å². The normalized spacial score (nSPS) is 14.8. The molecule has 0 unspecified atom stereocenters. The van der Waals surface area contributed by atoms with Gasteiger partial charge in [-0.25, -0.2) is 4.68 Å². The predicted octanol–water partition coefficient (Wildman–Crippen LogP) is 4.00. The van der Waals surface area contributed by atoms with Crippen molar-refractivity contribution in [2.45, 2.75) is 27.4 Å². The molecule has 156 valence electrons. The van der Waals surface area contributed by atoms with Gasteiger partial charge in [0, 0.05) is 37.4 Å². The van der Waals surface area contributed by atoms with Crippen molar-refractivity contribution >= 4 is 23.7 Å². The van der Waals surface area contributed by atoms with Crippen molar-refractivity contribution in [2.24, 2.45) is 0 Å². The highest BCUT2D eigenvalue weighted by atomic mass is 32.1. The number of anilines is 1. The monoisotopic (exact) mass is 421 g/mol. The zero-order valence-corrected chi connectivity index (χ0v) is 18.5. The fourth-order valence-electron chi connectivity index (χ4n) is 3.82. The number of Topliss-reactive ketones (excluding diaryl/α,β-unsaturated/α-hetero) is 1. The standard InChI is InChI=1S/C23H27N5OS/c1-17-4-5-18(2)22(14-17)27-15-24-28(23(27)30)16-25-10-12-26(13-11-25)21-8-6-20(7-9-21)19(3)29/h4-9,14-15H,10-13,16H2,1-3H3. The molecule has 2 aromatic carbocycles. The number of carbonyl (C=O) groups excluding carboxylic acids is 1. The second-order valence-electron chi connectivity index (χ2n) is 7.92. The van der Waals surface area contributed by atoms with Crippen LogP contribution in [-0.2, 0) is 6.67 Å². The molecule has 1 fully saturated rings. The number of benzene rings is 2. The van der Waals surface area contributed by atoms with Crippen molar-refractivity contribution in [1.29, 1.82) is 0 Å². The van der Waals surface area contributed by atoms with Crippen LogP contribution in [0.15, 0.2) is 48.8 Å². The van der Waals surface area contributed by atoms with Crippen LogP contribution in [0.3, 0.4) is 0 Å². The first-order chi connectivity index (χ1) is 14.4. The molecule has 1 saturated heterocycles. The van der Waals surface area contributed by atoms with Crippen LogP contribution in [0.2, 0.25) is 0 Å². The highest BCUT2D eigenvalue weighted by Crippen LogP contribution is 2.19. The summed E-state index contributed by atoms with van der Waals surface area (Å²) in [5, 5.41) is 4.55. The first-order valence-electron chi connectivity index (χ1n) is 10.2. The molecule has 6 nitrogen and oxygen atoms in total. The van der Waals surface area contributed by atoms with Gasteiger partial charge in [0.1, 0.15) is 6.33 Å². The van der Waals surface area contributed by atoms with Crippen LogP contribution in [0.25, 0.3) is 5.69 Å². The van der Waals surface area contributed by atoms with Crippen LogP contribution < -0.4 is 4.90 Å². The van der Waals surface area contributed by atoms with Crippen LogP contribution in [0.1, 0.15) is 28.4 Å². The summed E-state index contributed by atoms with van der Waals surface area (Å²) >= 11 is 5.71. The van der Waals surface area contributed by atoms with Crippen LogP contribution in [0.4, 0.5) is 5.69 Å². The zero-order chi connectivity index (χ0) is 21.3. The fraction of sp³-hybridized carbons (Fsp3) is 0.348. The van der Waals surface area contributed by atoms with Gasteiger partial charge in [-0.3, -0.25) is 14.3 Å². The van der Waals surface area contributed by atoms with E-state index in [9.17, 15) is 4.79 Å². The van der Waals surface area contributed by atoms with E-state index in [1.165, 1.54) is 11.1 Å².